The summed E-state index contributed by atoms with van der Waals surface area (Å²) in [6.07, 6.45) is 3.14. The van der Waals surface area contributed by atoms with Crippen LogP contribution in [0.25, 0.3) is 0 Å². The van der Waals surface area contributed by atoms with Crippen LogP contribution < -0.4 is 5.32 Å². The van der Waals surface area contributed by atoms with E-state index in [1.54, 1.807) is 0 Å². The largest absolute Gasteiger partial charge is 0.445 e. The highest BCUT2D eigenvalue weighted by atomic mass is 16.6. The van der Waals surface area contributed by atoms with E-state index in [9.17, 15) is 4.79 Å². The number of nitrogens with one attached hydrogen (secondary N) is 1. The summed E-state index contributed by atoms with van der Waals surface area (Å²) in [7, 11) is 0. The summed E-state index contributed by atoms with van der Waals surface area (Å²) in [5, 5.41) is 3.33. The molecule has 1 aliphatic heterocycles. The minimum Gasteiger partial charge on any atom is -0.445 e. The third-order valence-electron chi connectivity index (χ3n) is 3.70. The van der Waals surface area contributed by atoms with Gasteiger partial charge >= 0.3 is 6.09 Å². The molecule has 4 nitrogen and oxygen atoms in total. The molecule has 1 saturated heterocycles. The second-order valence-electron chi connectivity index (χ2n) is 5.19. The summed E-state index contributed by atoms with van der Waals surface area (Å²) >= 11 is 0. The standard InChI is InChI=1S/C16H24N2O2/c1-2-17-12-15-10-6-7-11-18(15)16(19)20-13-14-8-4-3-5-9-14/h3-5,8-9,15,17H,2,6-7,10-13H2,1H3/t15-/m1/s1. The first-order chi connectivity index (χ1) is 9.81. The third-order valence-corrected chi connectivity index (χ3v) is 3.70. The van der Waals surface area contributed by atoms with Gasteiger partial charge in [-0.2, -0.15) is 0 Å². The van der Waals surface area contributed by atoms with E-state index in [1.807, 2.05) is 35.2 Å². The number of likely N-dealkylation sites (tertiary alicyclic amines) is 1. The minimum atomic E-state index is -0.184. The van der Waals surface area contributed by atoms with Crippen molar-refractivity contribution in [1.82, 2.24) is 10.2 Å². The molecule has 1 heterocycles. The van der Waals surface area contributed by atoms with Crippen molar-refractivity contribution in [3.8, 4) is 0 Å². The molecule has 0 saturated carbocycles. The highest BCUT2D eigenvalue weighted by Gasteiger charge is 2.27. The predicted octanol–water partition coefficient (Wildman–Crippen LogP) is 2.79. The predicted molar refractivity (Wildman–Crippen MR) is 79.5 cm³/mol. The number of ether oxygens (including phenoxy) is 1. The van der Waals surface area contributed by atoms with Crippen molar-refractivity contribution in [3.63, 3.8) is 0 Å². The maximum atomic E-state index is 12.2. The molecule has 1 amide bonds. The summed E-state index contributed by atoms with van der Waals surface area (Å²) in [6.45, 7) is 5.04. The van der Waals surface area contributed by atoms with Crippen LogP contribution in [0.2, 0.25) is 0 Å². The fourth-order valence-corrected chi connectivity index (χ4v) is 2.57. The Labute approximate surface area is 121 Å². The number of carbonyl (C=O) groups excluding carboxylic acids is 1. The fourth-order valence-electron chi connectivity index (χ4n) is 2.57. The molecule has 0 aliphatic carbocycles. The van der Waals surface area contributed by atoms with Crippen molar-refractivity contribution in [1.29, 1.82) is 0 Å². The van der Waals surface area contributed by atoms with E-state index in [1.165, 1.54) is 6.42 Å². The molecule has 110 valence electrons. The van der Waals surface area contributed by atoms with Crippen LogP contribution in [-0.2, 0) is 11.3 Å². The zero-order valence-electron chi connectivity index (χ0n) is 12.2. The fraction of sp³-hybridized carbons (Fsp3) is 0.562. The number of hydrogen-bond acceptors (Lipinski definition) is 3. The average Bonchev–Trinajstić information content (AvgIpc) is 2.52. The number of rotatable bonds is 5. The normalized spacial score (nSPS) is 18.9. The van der Waals surface area contributed by atoms with E-state index in [-0.39, 0.29) is 12.1 Å². The van der Waals surface area contributed by atoms with Crippen LogP contribution in [0.1, 0.15) is 31.7 Å². The first-order valence-electron chi connectivity index (χ1n) is 7.49. The third kappa shape index (κ3) is 4.23. The molecular weight excluding hydrogens is 252 g/mol. The number of hydrogen-bond donors (Lipinski definition) is 1. The van der Waals surface area contributed by atoms with E-state index in [2.05, 4.69) is 12.2 Å². The van der Waals surface area contributed by atoms with Gasteiger partial charge in [-0.05, 0) is 31.4 Å². The zero-order chi connectivity index (χ0) is 14.2. The molecule has 0 aromatic heterocycles. The molecule has 1 aromatic carbocycles. The zero-order valence-corrected chi connectivity index (χ0v) is 12.2. The molecule has 1 atom stereocenters. The van der Waals surface area contributed by atoms with Crippen molar-refractivity contribution < 1.29 is 9.53 Å². The van der Waals surface area contributed by atoms with Gasteiger partial charge in [0.15, 0.2) is 0 Å². The van der Waals surface area contributed by atoms with Gasteiger partial charge in [0, 0.05) is 19.1 Å². The maximum Gasteiger partial charge on any atom is 0.410 e. The molecule has 0 spiro atoms. The Morgan fingerprint density at radius 2 is 2.15 bits per heavy atom. The summed E-state index contributed by atoms with van der Waals surface area (Å²) in [5.41, 5.74) is 1.03. The lowest BCUT2D eigenvalue weighted by Crippen LogP contribution is -2.48. The van der Waals surface area contributed by atoms with Crippen molar-refractivity contribution in [3.05, 3.63) is 35.9 Å². The van der Waals surface area contributed by atoms with Crippen molar-refractivity contribution in [2.45, 2.75) is 38.8 Å². The smallest absolute Gasteiger partial charge is 0.410 e. The number of piperidine rings is 1. The monoisotopic (exact) mass is 276 g/mol. The van der Waals surface area contributed by atoms with Crippen LogP contribution in [0.5, 0.6) is 0 Å². The van der Waals surface area contributed by atoms with E-state index in [0.29, 0.717) is 6.61 Å². The van der Waals surface area contributed by atoms with Crippen LogP contribution in [0.4, 0.5) is 4.79 Å². The lowest BCUT2D eigenvalue weighted by molar-refractivity contribution is 0.0681. The van der Waals surface area contributed by atoms with E-state index in [4.69, 9.17) is 4.74 Å². The molecule has 0 unspecified atom stereocenters. The molecule has 1 aliphatic rings. The van der Waals surface area contributed by atoms with Gasteiger partial charge in [-0.15, -0.1) is 0 Å². The Bertz CT molecular complexity index is 408. The Hall–Kier alpha value is -1.55. The number of benzene rings is 1. The lowest BCUT2D eigenvalue weighted by Gasteiger charge is -2.35. The summed E-state index contributed by atoms with van der Waals surface area (Å²) < 4.78 is 5.44. The first-order valence-corrected chi connectivity index (χ1v) is 7.49. The Kier molecular flexibility index (Phi) is 5.87. The highest BCUT2D eigenvalue weighted by Crippen LogP contribution is 2.18. The maximum absolute atomic E-state index is 12.2. The van der Waals surface area contributed by atoms with Gasteiger partial charge in [-0.1, -0.05) is 37.3 Å². The van der Waals surface area contributed by atoms with Crippen LogP contribution in [0.15, 0.2) is 30.3 Å². The number of amides is 1. The number of likely N-dealkylation sites (N-methyl/N-ethyl adjacent to an activating group) is 1. The van der Waals surface area contributed by atoms with Gasteiger partial charge in [0.25, 0.3) is 0 Å². The lowest BCUT2D eigenvalue weighted by atomic mass is 10.0. The van der Waals surface area contributed by atoms with Gasteiger partial charge in [-0.25, -0.2) is 4.79 Å². The van der Waals surface area contributed by atoms with Gasteiger partial charge in [0.1, 0.15) is 6.61 Å². The Morgan fingerprint density at radius 3 is 2.90 bits per heavy atom. The van der Waals surface area contributed by atoms with Crippen molar-refractivity contribution >= 4 is 6.09 Å². The van der Waals surface area contributed by atoms with Gasteiger partial charge in [0.05, 0.1) is 0 Å². The van der Waals surface area contributed by atoms with Gasteiger partial charge in [0.2, 0.25) is 0 Å². The van der Waals surface area contributed by atoms with Crippen LogP contribution in [-0.4, -0.2) is 36.7 Å². The Morgan fingerprint density at radius 1 is 1.35 bits per heavy atom. The van der Waals surface area contributed by atoms with E-state index in [0.717, 1.165) is 38.0 Å². The molecule has 0 bridgehead atoms. The van der Waals surface area contributed by atoms with Gasteiger partial charge < -0.3 is 15.0 Å². The number of nitrogens with zero attached hydrogens (tertiary/aromatic N) is 1. The second kappa shape index (κ2) is 7.90. The molecule has 0 radical (unpaired) electrons. The van der Waals surface area contributed by atoms with Gasteiger partial charge in [-0.3, -0.25) is 0 Å². The quantitative estimate of drug-likeness (QED) is 0.899. The molecule has 1 aromatic rings. The summed E-state index contributed by atoms with van der Waals surface area (Å²) in [6, 6.07) is 10.1. The molecular formula is C16H24N2O2. The molecule has 1 fully saturated rings. The average molecular weight is 276 g/mol. The van der Waals surface area contributed by atoms with Crippen molar-refractivity contribution in [2.24, 2.45) is 0 Å². The molecule has 4 heteroatoms. The minimum absolute atomic E-state index is 0.184. The first kappa shape index (κ1) is 14.9. The van der Waals surface area contributed by atoms with E-state index >= 15 is 0 Å². The summed E-state index contributed by atoms with van der Waals surface area (Å²) in [4.78, 5) is 14.1. The Balaban J connectivity index is 1.85. The SMILES string of the molecule is CCNC[C@H]1CCCCN1C(=O)OCc1ccccc1. The second-order valence-corrected chi connectivity index (χ2v) is 5.19. The topological polar surface area (TPSA) is 41.6 Å². The van der Waals surface area contributed by atoms with E-state index < -0.39 is 0 Å². The molecule has 1 N–H and O–H groups in total. The summed E-state index contributed by atoms with van der Waals surface area (Å²) in [5.74, 6) is 0. The number of carbonyl (C=O) groups is 1. The highest BCUT2D eigenvalue weighted by molar-refractivity contribution is 5.68. The molecule has 2 rings (SSSR count). The van der Waals surface area contributed by atoms with Crippen LogP contribution in [0, 0.1) is 0 Å². The molecule has 20 heavy (non-hydrogen) atoms. The van der Waals surface area contributed by atoms with Crippen molar-refractivity contribution in [2.75, 3.05) is 19.6 Å². The van der Waals surface area contributed by atoms with Crippen LogP contribution in [0.3, 0.4) is 0 Å². The van der Waals surface area contributed by atoms with Crippen LogP contribution >= 0.6 is 0 Å².